The van der Waals surface area contributed by atoms with Gasteiger partial charge in [-0.15, -0.1) is 0 Å². The van der Waals surface area contributed by atoms with Gasteiger partial charge in [0.15, 0.2) is 0 Å². The molecule has 2 aromatic heterocycles. The first kappa shape index (κ1) is 15.3. The molecule has 5 nitrogen and oxygen atoms in total. The number of pyridine rings is 1. The molecule has 0 bridgehead atoms. The minimum Gasteiger partial charge on any atom is -0.462 e. The smallest absolute Gasteiger partial charge is 0.343 e. The van der Waals surface area contributed by atoms with Crippen molar-refractivity contribution in [3.8, 4) is 0 Å². The van der Waals surface area contributed by atoms with Crippen molar-refractivity contribution in [1.29, 1.82) is 0 Å². The number of rotatable bonds is 3. The number of ether oxygens (including phenoxy) is 1. The fourth-order valence-electron chi connectivity index (χ4n) is 2.15. The highest BCUT2D eigenvalue weighted by atomic mass is 79.9. The molecule has 0 aliphatic rings. The summed E-state index contributed by atoms with van der Waals surface area (Å²) in [6, 6.07) is 0. The van der Waals surface area contributed by atoms with E-state index in [4.69, 9.17) is 4.74 Å². The third-order valence-corrected chi connectivity index (χ3v) is 5.33. The van der Waals surface area contributed by atoms with Crippen LogP contribution in [0.4, 0.5) is 0 Å². The molecule has 108 valence electrons. The molecule has 0 aliphatic carbocycles. The molecule has 0 N–H and O–H groups in total. The van der Waals surface area contributed by atoms with E-state index in [2.05, 4.69) is 31.9 Å². The molecule has 2 rings (SSSR count). The maximum atomic E-state index is 12.5. The van der Waals surface area contributed by atoms with Crippen LogP contribution in [0.2, 0.25) is 0 Å². The molecule has 0 atom stereocenters. The van der Waals surface area contributed by atoms with Gasteiger partial charge in [-0.2, -0.15) is 0 Å². The van der Waals surface area contributed by atoms with Crippen LogP contribution in [0.1, 0.15) is 24.2 Å². The van der Waals surface area contributed by atoms with E-state index in [0.29, 0.717) is 16.4 Å². The average Bonchev–Trinajstić information content (AvgIpc) is 2.65. The van der Waals surface area contributed by atoms with Gasteiger partial charge in [0.25, 0.3) is 0 Å². The lowest BCUT2D eigenvalue weighted by molar-refractivity contribution is 0.0524. The molecule has 0 amide bonds. The molecule has 0 saturated carbocycles. The van der Waals surface area contributed by atoms with Gasteiger partial charge in [-0.1, -0.05) is 0 Å². The Morgan fingerprint density at radius 3 is 2.55 bits per heavy atom. The second-order valence-electron chi connectivity index (χ2n) is 4.24. The lowest BCUT2D eigenvalue weighted by atomic mass is 10.2. The number of hydrogen-bond donors (Lipinski definition) is 0. The van der Waals surface area contributed by atoms with Crippen molar-refractivity contribution in [2.45, 2.75) is 20.4 Å². The fraction of sp³-hybridized carbons (Fsp3) is 0.385. The highest BCUT2D eigenvalue weighted by molar-refractivity contribution is 9.13. The van der Waals surface area contributed by atoms with Gasteiger partial charge in [0.1, 0.15) is 15.8 Å². The van der Waals surface area contributed by atoms with Crippen LogP contribution in [0.15, 0.2) is 20.1 Å². The molecule has 20 heavy (non-hydrogen) atoms. The number of carbonyl (C=O) groups is 1. The van der Waals surface area contributed by atoms with Crippen molar-refractivity contribution in [3.63, 3.8) is 0 Å². The molecule has 0 saturated heterocycles. The van der Waals surface area contributed by atoms with Crippen LogP contribution in [0.3, 0.4) is 0 Å². The minimum absolute atomic E-state index is 0.0556. The lowest BCUT2D eigenvalue weighted by Gasteiger charge is -2.10. The van der Waals surface area contributed by atoms with Crippen molar-refractivity contribution in [3.05, 3.63) is 31.1 Å². The Bertz CT molecular complexity index is 746. The van der Waals surface area contributed by atoms with E-state index in [9.17, 15) is 9.59 Å². The molecular weight excluding hydrogens is 392 g/mol. The topological polar surface area (TPSA) is 53.2 Å². The molecule has 0 unspecified atom stereocenters. The Labute approximate surface area is 132 Å². The van der Waals surface area contributed by atoms with Crippen LogP contribution in [0, 0.1) is 0 Å². The van der Waals surface area contributed by atoms with E-state index < -0.39 is 5.97 Å². The first-order chi connectivity index (χ1) is 9.43. The summed E-state index contributed by atoms with van der Waals surface area (Å²) in [5.41, 5.74) is 0.487. The second-order valence-corrected chi connectivity index (χ2v) is 5.78. The zero-order chi connectivity index (χ0) is 15.0. The molecule has 7 heteroatoms. The summed E-state index contributed by atoms with van der Waals surface area (Å²) in [6.45, 7) is 4.54. The van der Waals surface area contributed by atoms with Gasteiger partial charge >= 0.3 is 5.97 Å². The second kappa shape index (κ2) is 5.73. The molecule has 0 spiro atoms. The molecule has 2 aromatic rings. The van der Waals surface area contributed by atoms with E-state index >= 15 is 0 Å². The van der Waals surface area contributed by atoms with Gasteiger partial charge in [0.2, 0.25) is 5.43 Å². The molecule has 0 radical (unpaired) electrons. The summed E-state index contributed by atoms with van der Waals surface area (Å²) in [4.78, 5) is 24.4. The highest BCUT2D eigenvalue weighted by Gasteiger charge is 2.22. The molecule has 2 heterocycles. The number of aryl methyl sites for hydroxylation is 2. The quantitative estimate of drug-likeness (QED) is 0.737. The molecule has 0 aromatic carbocycles. The number of fused-ring (bicyclic) bond motifs is 1. The largest absolute Gasteiger partial charge is 0.462 e. The molecule has 0 fully saturated rings. The van der Waals surface area contributed by atoms with Crippen molar-refractivity contribution >= 4 is 48.9 Å². The van der Waals surface area contributed by atoms with Gasteiger partial charge in [0.05, 0.1) is 16.5 Å². The van der Waals surface area contributed by atoms with Crippen LogP contribution in [-0.4, -0.2) is 21.7 Å². The zero-order valence-corrected chi connectivity index (χ0v) is 14.5. The monoisotopic (exact) mass is 404 g/mol. The van der Waals surface area contributed by atoms with Crippen molar-refractivity contribution in [2.75, 3.05) is 6.61 Å². The van der Waals surface area contributed by atoms with Gasteiger partial charge in [-0.3, -0.25) is 4.79 Å². The Morgan fingerprint density at radius 1 is 1.35 bits per heavy atom. The minimum atomic E-state index is -0.589. The summed E-state index contributed by atoms with van der Waals surface area (Å²) in [5.74, 6) is -0.589. The normalized spacial score (nSPS) is 11.1. The van der Waals surface area contributed by atoms with Gasteiger partial charge in [-0.25, -0.2) is 4.79 Å². The first-order valence-corrected chi connectivity index (χ1v) is 7.76. The number of aromatic nitrogens is 2. The van der Waals surface area contributed by atoms with Crippen LogP contribution in [-0.2, 0) is 18.3 Å². The third kappa shape index (κ3) is 2.22. The van der Waals surface area contributed by atoms with E-state index in [1.54, 1.807) is 13.1 Å². The van der Waals surface area contributed by atoms with Crippen LogP contribution in [0.25, 0.3) is 11.0 Å². The van der Waals surface area contributed by atoms with Crippen molar-refractivity contribution in [2.24, 2.45) is 7.05 Å². The van der Waals surface area contributed by atoms with E-state index in [-0.39, 0.29) is 17.6 Å². The van der Waals surface area contributed by atoms with Gasteiger partial charge < -0.3 is 13.9 Å². The fourth-order valence-corrected chi connectivity index (χ4v) is 3.14. The predicted molar refractivity (Wildman–Crippen MR) is 84.2 cm³/mol. The number of hydrogen-bond acceptors (Lipinski definition) is 3. The van der Waals surface area contributed by atoms with Crippen LogP contribution < -0.4 is 5.43 Å². The Morgan fingerprint density at radius 2 is 2.00 bits per heavy atom. The van der Waals surface area contributed by atoms with Crippen molar-refractivity contribution in [1.82, 2.24) is 9.13 Å². The summed E-state index contributed by atoms with van der Waals surface area (Å²) >= 11 is 6.83. The molecular formula is C13H14Br2N2O3. The number of nitrogens with zero attached hydrogens (tertiary/aromatic N) is 2. The van der Waals surface area contributed by atoms with E-state index in [1.165, 1.54) is 0 Å². The predicted octanol–water partition coefficient (Wildman–Crippen LogP) is 3.06. The number of esters is 1. The molecule has 0 aliphatic heterocycles. The van der Waals surface area contributed by atoms with E-state index in [0.717, 1.165) is 10.3 Å². The Kier molecular flexibility index (Phi) is 4.39. The van der Waals surface area contributed by atoms with Crippen LogP contribution in [0.5, 0.6) is 0 Å². The number of carbonyl (C=O) groups excluding carboxylic acids is 1. The standard InChI is InChI=1S/C13H14Br2N2O3/c1-4-17-6-7(13(19)20-5-2)10(18)8-9(14)11(15)16(3)12(8)17/h6H,4-5H2,1-3H3. The summed E-state index contributed by atoms with van der Waals surface area (Å²) in [5, 5.41) is 0.478. The Hall–Kier alpha value is -1.08. The Balaban J connectivity index is 2.89. The summed E-state index contributed by atoms with van der Waals surface area (Å²) in [7, 11) is 1.85. The van der Waals surface area contributed by atoms with Crippen LogP contribution >= 0.6 is 31.9 Å². The van der Waals surface area contributed by atoms with Crippen molar-refractivity contribution < 1.29 is 9.53 Å². The van der Waals surface area contributed by atoms with Gasteiger partial charge in [0, 0.05) is 19.8 Å². The van der Waals surface area contributed by atoms with E-state index in [1.807, 2.05) is 23.1 Å². The van der Waals surface area contributed by atoms with Gasteiger partial charge in [-0.05, 0) is 45.7 Å². The lowest BCUT2D eigenvalue weighted by Crippen LogP contribution is -2.21. The maximum absolute atomic E-state index is 12.5. The maximum Gasteiger partial charge on any atom is 0.343 e. The summed E-state index contributed by atoms with van der Waals surface area (Å²) in [6.07, 6.45) is 1.56. The SMILES string of the molecule is CCOC(=O)c1cn(CC)c2c(c(Br)c(Br)n2C)c1=O. The zero-order valence-electron chi connectivity index (χ0n) is 11.4. The number of halogens is 2. The first-order valence-electron chi connectivity index (χ1n) is 6.17. The average molecular weight is 406 g/mol. The third-order valence-electron chi connectivity index (χ3n) is 3.10. The highest BCUT2D eigenvalue weighted by Crippen LogP contribution is 2.32. The summed E-state index contributed by atoms with van der Waals surface area (Å²) < 4.78 is 10.1.